The minimum atomic E-state index is -3.91. The van der Waals surface area contributed by atoms with Gasteiger partial charge >= 0.3 is 5.97 Å². The van der Waals surface area contributed by atoms with Crippen LogP contribution in [0.5, 0.6) is 0 Å². The van der Waals surface area contributed by atoms with Gasteiger partial charge in [-0.3, -0.25) is 24.0 Å². The van der Waals surface area contributed by atoms with Crippen LogP contribution in [0.25, 0.3) is 0 Å². The molecule has 2 amide bonds. The summed E-state index contributed by atoms with van der Waals surface area (Å²) in [7, 11) is -3.91. The van der Waals surface area contributed by atoms with Gasteiger partial charge in [0, 0.05) is 18.2 Å². The van der Waals surface area contributed by atoms with E-state index in [0.717, 1.165) is 16.2 Å². The zero-order chi connectivity index (χ0) is 20.3. The number of carbonyl (C=O) groups excluding carboxylic acids is 3. The zero-order valence-corrected chi connectivity index (χ0v) is 16.5. The minimum absolute atomic E-state index is 0.0430. The molecule has 0 bridgehead atoms. The van der Waals surface area contributed by atoms with Gasteiger partial charge in [-0.2, -0.15) is 0 Å². The fraction of sp³-hybridized carbons (Fsp3) is 0.294. The first-order valence-corrected chi connectivity index (χ1v) is 10.7. The van der Waals surface area contributed by atoms with Crippen LogP contribution in [0.3, 0.4) is 0 Å². The number of rotatable bonds is 7. The molecular formula is C17H17N3O6S2. The van der Waals surface area contributed by atoms with Crippen LogP contribution in [-0.4, -0.2) is 37.8 Å². The Bertz CT molecular complexity index is 998. The van der Waals surface area contributed by atoms with Crippen molar-refractivity contribution in [3.8, 4) is 0 Å². The third kappa shape index (κ3) is 4.37. The topological polar surface area (TPSA) is 123 Å². The summed E-state index contributed by atoms with van der Waals surface area (Å²) in [5.74, 6) is -1.06. The molecule has 9 nitrogen and oxygen atoms in total. The molecule has 0 radical (unpaired) electrons. The second-order valence-electron chi connectivity index (χ2n) is 5.85. The predicted octanol–water partition coefficient (Wildman–Crippen LogP) is 1.70. The van der Waals surface area contributed by atoms with Crippen LogP contribution >= 0.6 is 11.3 Å². The van der Waals surface area contributed by atoms with Crippen LogP contribution in [0, 0.1) is 0 Å². The van der Waals surface area contributed by atoms with Crippen molar-refractivity contribution in [3.05, 3.63) is 35.3 Å². The Labute approximate surface area is 165 Å². The number of sulfonamides is 1. The molecule has 2 aromatic rings. The standard InChI is InChI=1S/C17H17N3O6S2/c1-2-26-16(23)9-11-10-27-17(18-11)19-28(24,25)13-5-3-12(4-6-13)20-14(21)7-8-15(20)22/h3-6,10H,2,7-9H2,1H3,(H,18,19). The average Bonchev–Trinajstić information content (AvgIpc) is 3.20. The summed E-state index contributed by atoms with van der Waals surface area (Å²) >= 11 is 1.05. The summed E-state index contributed by atoms with van der Waals surface area (Å²) in [5.41, 5.74) is 0.736. The lowest BCUT2D eigenvalue weighted by Crippen LogP contribution is -2.28. The third-order valence-corrected chi connectivity index (χ3v) is 6.15. The van der Waals surface area contributed by atoms with E-state index >= 15 is 0 Å². The molecule has 2 heterocycles. The molecule has 11 heteroatoms. The molecule has 1 N–H and O–H groups in total. The zero-order valence-electron chi connectivity index (χ0n) is 14.9. The van der Waals surface area contributed by atoms with Crippen LogP contribution in [0.1, 0.15) is 25.5 Å². The van der Waals surface area contributed by atoms with Crippen molar-refractivity contribution < 1.29 is 27.5 Å². The summed E-state index contributed by atoms with van der Waals surface area (Å²) in [6.07, 6.45) is 0.260. The summed E-state index contributed by atoms with van der Waals surface area (Å²) in [6.45, 7) is 1.95. The Hall–Kier alpha value is -2.79. The van der Waals surface area contributed by atoms with Crippen molar-refractivity contribution >= 4 is 50.0 Å². The van der Waals surface area contributed by atoms with E-state index in [-0.39, 0.29) is 47.7 Å². The van der Waals surface area contributed by atoms with Gasteiger partial charge in [0.15, 0.2) is 5.13 Å². The highest BCUT2D eigenvalue weighted by Gasteiger charge is 2.30. The maximum absolute atomic E-state index is 12.5. The molecule has 0 spiro atoms. The molecule has 0 unspecified atom stereocenters. The largest absolute Gasteiger partial charge is 0.466 e. The molecule has 1 aliphatic heterocycles. The van der Waals surface area contributed by atoms with Gasteiger partial charge < -0.3 is 4.74 Å². The molecule has 0 atom stereocenters. The van der Waals surface area contributed by atoms with Crippen LogP contribution in [0.15, 0.2) is 34.5 Å². The lowest BCUT2D eigenvalue weighted by atomic mass is 10.3. The summed E-state index contributed by atoms with van der Waals surface area (Å²) in [6, 6.07) is 5.43. The molecule has 1 saturated heterocycles. The number of hydrogen-bond acceptors (Lipinski definition) is 8. The molecule has 28 heavy (non-hydrogen) atoms. The number of nitrogens with one attached hydrogen (secondary N) is 1. The van der Waals surface area contributed by atoms with Gasteiger partial charge in [0.25, 0.3) is 10.0 Å². The number of amides is 2. The number of ether oxygens (including phenoxy) is 1. The van der Waals surface area contributed by atoms with Gasteiger partial charge in [-0.05, 0) is 31.2 Å². The second kappa shape index (κ2) is 8.07. The predicted molar refractivity (Wildman–Crippen MR) is 101 cm³/mol. The first kappa shape index (κ1) is 20.0. The van der Waals surface area contributed by atoms with E-state index in [2.05, 4.69) is 9.71 Å². The fourth-order valence-electron chi connectivity index (χ4n) is 2.61. The van der Waals surface area contributed by atoms with Gasteiger partial charge in [-0.25, -0.2) is 13.4 Å². The van der Waals surface area contributed by atoms with E-state index in [1.54, 1.807) is 12.3 Å². The van der Waals surface area contributed by atoms with Crippen LogP contribution in [0.2, 0.25) is 0 Å². The number of imide groups is 1. The van der Waals surface area contributed by atoms with Crippen LogP contribution in [0.4, 0.5) is 10.8 Å². The van der Waals surface area contributed by atoms with Crippen molar-refractivity contribution in [2.24, 2.45) is 0 Å². The van der Waals surface area contributed by atoms with Gasteiger partial charge in [0.1, 0.15) is 0 Å². The van der Waals surface area contributed by atoms with E-state index in [1.165, 1.54) is 24.3 Å². The van der Waals surface area contributed by atoms with E-state index in [4.69, 9.17) is 4.74 Å². The number of nitrogens with zero attached hydrogens (tertiary/aromatic N) is 2. The highest BCUT2D eigenvalue weighted by Crippen LogP contribution is 2.25. The lowest BCUT2D eigenvalue weighted by molar-refractivity contribution is -0.142. The molecule has 1 aliphatic rings. The first-order chi connectivity index (χ1) is 13.3. The Morgan fingerprint density at radius 2 is 1.86 bits per heavy atom. The fourth-order valence-corrected chi connectivity index (χ4v) is 4.57. The Balaban J connectivity index is 1.71. The molecule has 3 rings (SSSR count). The van der Waals surface area contributed by atoms with E-state index in [0.29, 0.717) is 11.4 Å². The van der Waals surface area contributed by atoms with Gasteiger partial charge in [0.05, 0.1) is 29.3 Å². The summed E-state index contributed by atoms with van der Waals surface area (Å²) < 4.78 is 32.2. The molecule has 148 valence electrons. The van der Waals surface area contributed by atoms with Crippen LogP contribution in [-0.2, 0) is 35.6 Å². The molecule has 1 fully saturated rings. The van der Waals surface area contributed by atoms with Gasteiger partial charge in [0.2, 0.25) is 11.8 Å². The molecule has 0 aliphatic carbocycles. The van der Waals surface area contributed by atoms with Crippen LogP contribution < -0.4 is 9.62 Å². The molecule has 1 aromatic carbocycles. The monoisotopic (exact) mass is 423 g/mol. The molecular weight excluding hydrogens is 406 g/mol. The normalized spacial score (nSPS) is 14.4. The number of aromatic nitrogens is 1. The highest BCUT2D eigenvalue weighted by molar-refractivity contribution is 7.93. The number of thiazole rings is 1. The van der Waals surface area contributed by atoms with E-state index < -0.39 is 16.0 Å². The van der Waals surface area contributed by atoms with Crippen molar-refractivity contribution in [1.82, 2.24) is 4.98 Å². The Morgan fingerprint density at radius 3 is 2.46 bits per heavy atom. The summed E-state index contributed by atoms with van der Waals surface area (Å²) in [4.78, 5) is 40.1. The molecule has 1 aromatic heterocycles. The Morgan fingerprint density at radius 1 is 1.21 bits per heavy atom. The van der Waals surface area contributed by atoms with Crippen molar-refractivity contribution in [1.29, 1.82) is 0 Å². The maximum atomic E-state index is 12.5. The Kier molecular flexibility index (Phi) is 5.75. The lowest BCUT2D eigenvalue weighted by Gasteiger charge is -2.14. The highest BCUT2D eigenvalue weighted by atomic mass is 32.2. The second-order valence-corrected chi connectivity index (χ2v) is 8.39. The van der Waals surface area contributed by atoms with Gasteiger partial charge in [-0.15, -0.1) is 11.3 Å². The number of benzene rings is 1. The maximum Gasteiger partial charge on any atom is 0.311 e. The van der Waals surface area contributed by atoms with E-state index in [1.807, 2.05) is 0 Å². The molecule has 0 saturated carbocycles. The number of hydrogen-bond donors (Lipinski definition) is 1. The van der Waals surface area contributed by atoms with Crippen molar-refractivity contribution in [2.75, 3.05) is 16.2 Å². The smallest absolute Gasteiger partial charge is 0.311 e. The third-order valence-electron chi connectivity index (χ3n) is 3.86. The SMILES string of the molecule is CCOC(=O)Cc1csc(NS(=O)(=O)c2ccc(N3C(=O)CCC3=O)cc2)n1. The number of esters is 1. The van der Waals surface area contributed by atoms with Crippen molar-refractivity contribution in [3.63, 3.8) is 0 Å². The van der Waals surface area contributed by atoms with Crippen molar-refractivity contribution in [2.45, 2.75) is 31.1 Å². The summed E-state index contributed by atoms with van der Waals surface area (Å²) in [5, 5.41) is 1.69. The average molecular weight is 423 g/mol. The minimum Gasteiger partial charge on any atom is -0.466 e. The number of carbonyl (C=O) groups is 3. The van der Waals surface area contributed by atoms with E-state index in [9.17, 15) is 22.8 Å². The first-order valence-electron chi connectivity index (χ1n) is 8.39. The quantitative estimate of drug-likeness (QED) is 0.531. The van der Waals surface area contributed by atoms with Gasteiger partial charge in [-0.1, -0.05) is 0 Å². The number of anilines is 2.